The lowest BCUT2D eigenvalue weighted by Crippen LogP contribution is -2.26. The van der Waals surface area contributed by atoms with Crippen LogP contribution in [0.5, 0.6) is 17.2 Å². The molecule has 1 aromatic carbocycles. The molecule has 144 valence electrons. The van der Waals surface area contributed by atoms with Crippen molar-refractivity contribution in [2.24, 2.45) is 5.92 Å². The van der Waals surface area contributed by atoms with Crippen LogP contribution in [-0.2, 0) is 0 Å². The predicted octanol–water partition coefficient (Wildman–Crippen LogP) is 5.78. The molecule has 0 N–H and O–H groups in total. The van der Waals surface area contributed by atoms with Crippen molar-refractivity contribution in [2.45, 2.75) is 57.4 Å². The third-order valence-electron chi connectivity index (χ3n) is 4.73. The van der Waals surface area contributed by atoms with Crippen molar-refractivity contribution in [3.8, 4) is 17.2 Å². The van der Waals surface area contributed by atoms with Crippen LogP contribution < -0.4 is 14.2 Å². The lowest BCUT2D eigenvalue weighted by Gasteiger charge is -2.27. The number of alkyl halides is 3. The standard InChI is InChI=1S/C19H22F4O3/c20-17-15(24-12-4-7-13-5-1-2-6-13)10-11-16(25-14-8-3-9-14)18(17)26-19(21,22)23/h4,7,10-11,13-14H,1-3,5-6,8-9,12H2/b7-4+. The minimum atomic E-state index is -5.01. The minimum Gasteiger partial charge on any atom is -0.486 e. The van der Waals surface area contributed by atoms with Gasteiger partial charge in [0.2, 0.25) is 11.6 Å². The largest absolute Gasteiger partial charge is 0.573 e. The van der Waals surface area contributed by atoms with Gasteiger partial charge < -0.3 is 14.2 Å². The first-order valence-electron chi connectivity index (χ1n) is 8.97. The molecule has 2 aliphatic carbocycles. The Bertz CT molecular complexity index is 632. The van der Waals surface area contributed by atoms with Gasteiger partial charge in [-0.1, -0.05) is 25.0 Å². The molecule has 0 atom stereocenters. The van der Waals surface area contributed by atoms with Gasteiger partial charge in [0, 0.05) is 0 Å². The molecule has 0 radical (unpaired) electrons. The molecule has 0 aromatic heterocycles. The van der Waals surface area contributed by atoms with E-state index in [4.69, 9.17) is 9.47 Å². The van der Waals surface area contributed by atoms with E-state index in [0.717, 1.165) is 32.1 Å². The lowest BCUT2D eigenvalue weighted by atomic mass is 9.96. The smallest absolute Gasteiger partial charge is 0.486 e. The number of hydrogen-bond acceptors (Lipinski definition) is 3. The Hall–Kier alpha value is -1.92. The Labute approximate surface area is 149 Å². The van der Waals surface area contributed by atoms with Crippen LogP contribution in [0, 0.1) is 11.7 Å². The molecule has 26 heavy (non-hydrogen) atoms. The van der Waals surface area contributed by atoms with Crippen molar-refractivity contribution in [3.05, 3.63) is 30.1 Å². The summed E-state index contributed by atoms with van der Waals surface area (Å²) in [6, 6.07) is 2.54. The average molecular weight is 374 g/mol. The highest BCUT2D eigenvalue weighted by molar-refractivity contribution is 5.47. The second-order valence-corrected chi connectivity index (χ2v) is 6.71. The summed E-state index contributed by atoms with van der Waals surface area (Å²) in [4.78, 5) is 0. The zero-order valence-corrected chi connectivity index (χ0v) is 14.4. The highest BCUT2D eigenvalue weighted by Gasteiger charge is 2.36. The van der Waals surface area contributed by atoms with Gasteiger partial charge >= 0.3 is 6.36 Å². The summed E-state index contributed by atoms with van der Waals surface area (Å²) in [6.45, 7) is 0.0850. The Morgan fingerprint density at radius 3 is 2.31 bits per heavy atom. The van der Waals surface area contributed by atoms with Gasteiger partial charge in [-0.2, -0.15) is 4.39 Å². The highest BCUT2D eigenvalue weighted by Crippen LogP contribution is 2.41. The fourth-order valence-corrected chi connectivity index (χ4v) is 3.14. The summed E-state index contributed by atoms with van der Waals surface area (Å²) < 4.78 is 67.0. The summed E-state index contributed by atoms with van der Waals surface area (Å²) in [6.07, 6.45) is 5.64. The number of hydrogen-bond donors (Lipinski definition) is 0. The van der Waals surface area contributed by atoms with E-state index in [1.165, 1.54) is 25.0 Å². The number of allylic oxidation sites excluding steroid dienone is 1. The minimum absolute atomic E-state index is 0.0850. The van der Waals surface area contributed by atoms with Crippen molar-refractivity contribution in [1.82, 2.24) is 0 Å². The molecule has 0 heterocycles. The molecule has 2 aliphatic rings. The topological polar surface area (TPSA) is 27.7 Å². The summed E-state index contributed by atoms with van der Waals surface area (Å²) in [5.41, 5.74) is 0. The number of benzene rings is 1. The number of rotatable bonds is 7. The van der Waals surface area contributed by atoms with Gasteiger partial charge in [0.15, 0.2) is 11.5 Å². The van der Waals surface area contributed by atoms with Crippen LogP contribution in [0.3, 0.4) is 0 Å². The third-order valence-corrected chi connectivity index (χ3v) is 4.73. The van der Waals surface area contributed by atoms with E-state index in [-0.39, 0.29) is 24.2 Å². The van der Waals surface area contributed by atoms with Gasteiger partial charge in [-0.05, 0) is 50.2 Å². The maximum atomic E-state index is 14.5. The molecule has 0 aliphatic heterocycles. The molecule has 0 spiro atoms. The molecule has 3 rings (SSSR count). The van der Waals surface area contributed by atoms with Crippen LogP contribution in [0.25, 0.3) is 0 Å². The first-order valence-corrected chi connectivity index (χ1v) is 8.97. The number of ether oxygens (including phenoxy) is 3. The molecule has 0 saturated heterocycles. The van der Waals surface area contributed by atoms with Crippen molar-refractivity contribution >= 4 is 0 Å². The van der Waals surface area contributed by atoms with Gasteiger partial charge in [0.1, 0.15) is 6.61 Å². The van der Waals surface area contributed by atoms with Crippen LogP contribution in [0.4, 0.5) is 17.6 Å². The normalized spacial score (nSPS) is 18.9. The average Bonchev–Trinajstić information content (AvgIpc) is 3.04. The van der Waals surface area contributed by atoms with Crippen molar-refractivity contribution in [3.63, 3.8) is 0 Å². The van der Waals surface area contributed by atoms with Crippen molar-refractivity contribution in [1.29, 1.82) is 0 Å². The van der Waals surface area contributed by atoms with E-state index < -0.39 is 17.9 Å². The number of halogens is 4. The van der Waals surface area contributed by atoms with Crippen LogP contribution in [0.1, 0.15) is 44.9 Å². The molecule has 3 nitrogen and oxygen atoms in total. The first-order chi connectivity index (χ1) is 12.4. The van der Waals surface area contributed by atoms with Gasteiger partial charge in [-0.15, -0.1) is 13.2 Å². The van der Waals surface area contributed by atoms with Crippen molar-refractivity contribution in [2.75, 3.05) is 6.61 Å². The molecule has 0 bridgehead atoms. The zero-order valence-electron chi connectivity index (χ0n) is 14.4. The van der Waals surface area contributed by atoms with E-state index in [2.05, 4.69) is 4.74 Å². The molecule has 2 fully saturated rings. The molecule has 7 heteroatoms. The van der Waals surface area contributed by atoms with Gasteiger partial charge in [-0.25, -0.2) is 0 Å². The van der Waals surface area contributed by atoms with Gasteiger partial charge in [0.05, 0.1) is 6.10 Å². The fourth-order valence-electron chi connectivity index (χ4n) is 3.14. The Balaban J connectivity index is 1.69. The Morgan fingerprint density at radius 1 is 1.00 bits per heavy atom. The maximum absolute atomic E-state index is 14.5. The summed E-state index contributed by atoms with van der Waals surface area (Å²) >= 11 is 0. The lowest BCUT2D eigenvalue weighted by molar-refractivity contribution is -0.276. The molecule has 2 saturated carbocycles. The van der Waals surface area contributed by atoms with Crippen LogP contribution >= 0.6 is 0 Å². The molecular weight excluding hydrogens is 352 g/mol. The van der Waals surface area contributed by atoms with E-state index in [9.17, 15) is 17.6 Å². The Morgan fingerprint density at radius 2 is 1.69 bits per heavy atom. The van der Waals surface area contributed by atoms with Gasteiger partial charge in [-0.3, -0.25) is 0 Å². The molecular formula is C19H22F4O3. The Kier molecular flexibility index (Phi) is 5.94. The zero-order chi connectivity index (χ0) is 18.6. The summed E-state index contributed by atoms with van der Waals surface area (Å²) in [7, 11) is 0. The van der Waals surface area contributed by atoms with Gasteiger partial charge in [0.25, 0.3) is 0 Å². The second-order valence-electron chi connectivity index (χ2n) is 6.71. The second kappa shape index (κ2) is 8.18. The quantitative estimate of drug-likeness (QED) is 0.447. The van der Waals surface area contributed by atoms with E-state index in [1.807, 2.05) is 6.08 Å². The summed E-state index contributed by atoms with van der Waals surface area (Å²) in [5.74, 6) is -2.21. The first kappa shape index (κ1) is 18.9. The SMILES string of the molecule is Fc1c(OC/C=C/C2CCCC2)ccc(OC2CCC2)c1OC(F)(F)F. The fraction of sp³-hybridized carbons (Fsp3) is 0.579. The van der Waals surface area contributed by atoms with Crippen LogP contribution in [-0.4, -0.2) is 19.1 Å². The van der Waals surface area contributed by atoms with E-state index in [1.54, 1.807) is 6.08 Å². The molecule has 1 aromatic rings. The summed E-state index contributed by atoms with van der Waals surface area (Å²) in [5, 5.41) is 0. The highest BCUT2D eigenvalue weighted by atomic mass is 19.4. The predicted molar refractivity (Wildman–Crippen MR) is 87.9 cm³/mol. The van der Waals surface area contributed by atoms with E-state index in [0.29, 0.717) is 5.92 Å². The van der Waals surface area contributed by atoms with E-state index >= 15 is 0 Å². The molecule has 0 amide bonds. The van der Waals surface area contributed by atoms with Crippen LogP contribution in [0.15, 0.2) is 24.3 Å². The van der Waals surface area contributed by atoms with Crippen molar-refractivity contribution < 1.29 is 31.8 Å². The monoisotopic (exact) mass is 374 g/mol. The molecule has 0 unspecified atom stereocenters. The van der Waals surface area contributed by atoms with Crippen LogP contribution in [0.2, 0.25) is 0 Å². The third kappa shape index (κ3) is 5.05. The maximum Gasteiger partial charge on any atom is 0.573 e.